The molecule has 1 N–H and O–H groups in total. The van der Waals surface area contributed by atoms with E-state index in [2.05, 4.69) is 13.8 Å². The average Bonchev–Trinajstić information content (AvgIpc) is 2.62. The summed E-state index contributed by atoms with van der Waals surface area (Å²) in [6.45, 7) is 6.48. The van der Waals surface area contributed by atoms with Gasteiger partial charge in [0.1, 0.15) is 0 Å². The molecule has 0 aromatic heterocycles. The van der Waals surface area contributed by atoms with Gasteiger partial charge in [-0.1, -0.05) is 123 Å². The fourth-order valence-electron chi connectivity index (χ4n) is 3.81. The Morgan fingerprint density at radius 2 is 0.889 bits per heavy atom. The smallest absolute Gasteiger partial charge is 1.00 e. The van der Waals surface area contributed by atoms with Crippen LogP contribution in [0.5, 0.6) is 0 Å². The fourth-order valence-corrected chi connectivity index (χ4v) is 3.81. The van der Waals surface area contributed by atoms with E-state index in [9.17, 15) is 9.90 Å². The van der Waals surface area contributed by atoms with Crippen molar-refractivity contribution < 1.29 is 62.7 Å². The van der Waals surface area contributed by atoms with Crippen LogP contribution >= 0.6 is 0 Å². The van der Waals surface area contributed by atoms with E-state index in [0.29, 0.717) is 0 Å². The Kier molecular flexibility index (Phi) is 24.5. The summed E-state index contributed by atoms with van der Waals surface area (Å²) in [5, 5.41) is 9.65. The third kappa shape index (κ3) is 18.9. The molecule has 158 valence electrons. The Hall–Kier alpha value is 1.11. The van der Waals surface area contributed by atoms with Crippen LogP contribution in [-0.4, -0.2) is 11.1 Å². The number of rotatable bonds is 20. The van der Waals surface area contributed by atoms with Gasteiger partial charge in [-0.05, 0) is 19.8 Å². The van der Waals surface area contributed by atoms with Crippen LogP contribution in [0.25, 0.3) is 0 Å². The predicted molar refractivity (Wildman–Crippen MR) is 116 cm³/mol. The normalized spacial score (nSPS) is 13.1. The van der Waals surface area contributed by atoms with E-state index in [0.717, 1.165) is 25.7 Å². The third-order valence-corrected chi connectivity index (χ3v) is 5.93. The molecule has 2 nitrogen and oxygen atoms in total. The van der Waals surface area contributed by atoms with Crippen molar-refractivity contribution in [1.82, 2.24) is 0 Å². The van der Waals surface area contributed by atoms with Crippen molar-refractivity contribution in [3.8, 4) is 0 Å². The Balaban J connectivity index is -0.00000312. The maximum Gasteiger partial charge on any atom is 1.00 e. The molecule has 3 heteroatoms. The molecule has 0 amide bonds. The van der Waals surface area contributed by atoms with E-state index in [4.69, 9.17) is 0 Å². The molecule has 0 aromatic carbocycles. The molecule has 1 atom stereocenters. The second-order valence-electron chi connectivity index (χ2n) is 8.67. The van der Waals surface area contributed by atoms with Crippen LogP contribution in [0, 0.1) is 5.41 Å². The fraction of sp³-hybridized carbons (Fsp3) is 0.958. The van der Waals surface area contributed by atoms with Crippen molar-refractivity contribution in [2.45, 2.75) is 143 Å². The molecule has 0 aliphatic heterocycles. The molecular weight excluding hydrogens is 359 g/mol. The van der Waals surface area contributed by atoms with Gasteiger partial charge in [0.15, 0.2) is 0 Å². The standard InChI is InChI=1S/C24H48O2.K.H/c1-4-6-8-10-12-13-14-16-18-20-22-24(3,23(25)26)21-19-17-15-11-9-7-5-2;;/h4-22H2,1-3H3,(H,25,26);;/q;+1;-1. The monoisotopic (exact) mass is 408 g/mol. The zero-order valence-corrected chi connectivity index (χ0v) is 22.4. The van der Waals surface area contributed by atoms with Gasteiger partial charge in [-0.15, -0.1) is 0 Å². The summed E-state index contributed by atoms with van der Waals surface area (Å²) in [6, 6.07) is 0. The molecule has 0 aliphatic rings. The molecule has 0 saturated heterocycles. The summed E-state index contributed by atoms with van der Waals surface area (Å²) in [5.41, 5.74) is -0.496. The summed E-state index contributed by atoms with van der Waals surface area (Å²) in [5.74, 6) is -0.584. The van der Waals surface area contributed by atoms with E-state index in [1.807, 2.05) is 6.92 Å². The molecule has 0 saturated carbocycles. The number of carboxylic acids is 1. The minimum absolute atomic E-state index is 0. The molecule has 0 radical (unpaired) electrons. The Morgan fingerprint density at radius 3 is 1.15 bits per heavy atom. The van der Waals surface area contributed by atoms with Crippen LogP contribution in [0.3, 0.4) is 0 Å². The van der Waals surface area contributed by atoms with Gasteiger partial charge in [0.25, 0.3) is 0 Å². The summed E-state index contributed by atoms with van der Waals surface area (Å²) >= 11 is 0. The molecule has 27 heavy (non-hydrogen) atoms. The van der Waals surface area contributed by atoms with Gasteiger partial charge >= 0.3 is 57.4 Å². The topological polar surface area (TPSA) is 37.3 Å². The summed E-state index contributed by atoms with van der Waals surface area (Å²) in [4.78, 5) is 11.7. The second-order valence-corrected chi connectivity index (χ2v) is 8.67. The van der Waals surface area contributed by atoms with Crippen LogP contribution in [0.15, 0.2) is 0 Å². The van der Waals surface area contributed by atoms with Crippen LogP contribution in [0.4, 0.5) is 0 Å². The van der Waals surface area contributed by atoms with E-state index < -0.39 is 11.4 Å². The van der Waals surface area contributed by atoms with Gasteiger partial charge in [0, 0.05) is 0 Å². The number of aliphatic carboxylic acids is 1. The number of unbranched alkanes of at least 4 members (excludes halogenated alkanes) is 15. The van der Waals surface area contributed by atoms with Crippen LogP contribution in [0.1, 0.15) is 144 Å². The number of hydrogen-bond donors (Lipinski definition) is 1. The van der Waals surface area contributed by atoms with E-state index in [1.54, 1.807) is 0 Å². The van der Waals surface area contributed by atoms with Gasteiger partial charge in [0.05, 0.1) is 5.41 Å². The summed E-state index contributed by atoms with van der Waals surface area (Å²) < 4.78 is 0. The maximum absolute atomic E-state index is 11.7. The third-order valence-electron chi connectivity index (χ3n) is 5.93. The molecule has 1 unspecified atom stereocenters. The van der Waals surface area contributed by atoms with Crippen molar-refractivity contribution >= 4 is 5.97 Å². The van der Waals surface area contributed by atoms with Gasteiger partial charge in [0.2, 0.25) is 0 Å². The molecule has 0 rings (SSSR count). The number of carbonyl (C=O) groups is 1. The van der Waals surface area contributed by atoms with Gasteiger partial charge in [-0.25, -0.2) is 0 Å². The number of carboxylic acid groups (broad SMARTS) is 1. The van der Waals surface area contributed by atoms with Crippen molar-refractivity contribution in [2.24, 2.45) is 5.41 Å². The second kappa shape index (κ2) is 21.8. The Bertz CT molecular complexity index is 326. The molecular formula is C24H49KO2. The first kappa shape index (κ1) is 30.3. The average molecular weight is 409 g/mol. The first-order valence-electron chi connectivity index (χ1n) is 11.8. The van der Waals surface area contributed by atoms with Crippen molar-refractivity contribution in [3.05, 3.63) is 0 Å². The van der Waals surface area contributed by atoms with Crippen LogP contribution in [-0.2, 0) is 4.79 Å². The van der Waals surface area contributed by atoms with Crippen molar-refractivity contribution in [2.75, 3.05) is 0 Å². The minimum Gasteiger partial charge on any atom is -1.00 e. The molecule has 0 bridgehead atoms. The maximum atomic E-state index is 11.7. The number of hydrogen-bond acceptors (Lipinski definition) is 1. The van der Waals surface area contributed by atoms with Gasteiger partial charge < -0.3 is 6.53 Å². The van der Waals surface area contributed by atoms with Gasteiger partial charge in [-0.2, -0.15) is 0 Å². The molecule has 0 spiro atoms. The SMILES string of the molecule is CCCCCCCCCCCCC(C)(CCCCCCCCC)C(=O)O.[H-].[K+]. The van der Waals surface area contributed by atoms with E-state index >= 15 is 0 Å². The first-order valence-corrected chi connectivity index (χ1v) is 11.8. The van der Waals surface area contributed by atoms with Crippen LogP contribution < -0.4 is 51.4 Å². The predicted octanol–water partition coefficient (Wildman–Crippen LogP) is 5.65. The Morgan fingerprint density at radius 1 is 0.630 bits per heavy atom. The van der Waals surface area contributed by atoms with Gasteiger partial charge in [-0.3, -0.25) is 4.79 Å². The first-order chi connectivity index (χ1) is 12.6. The molecule has 0 aromatic rings. The largest absolute Gasteiger partial charge is 1.00 e. The van der Waals surface area contributed by atoms with Crippen molar-refractivity contribution in [3.63, 3.8) is 0 Å². The van der Waals surface area contributed by atoms with E-state index in [1.165, 1.54) is 96.3 Å². The summed E-state index contributed by atoms with van der Waals surface area (Å²) in [6.07, 6.45) is 23.7. The zero-order valence-electron chi connectivity index (χ0n) is 20.3. The molecule has 0 heterocycles. The van der Waals surface area contributed by atoms with Crippen LogP contribution in [0.2, 0.25) is 0 Å². The molecule has 0 fully saturated rings. The quantitative estimate of drug-likeness (QED) is 0.209. The molecule has 0 aliphatic carbocycles. The Labute approximate surface area is 214 Å². The summed E-state index contributed by atoms with van der Waals surface area (Å²) in [7, 11) is 0. The minimum atomic E-state index is -0.584. The van der Waals surface area contributed by atoms with Crippen molar-refractivity contribution in [1.29, 1.82) is 0 Å². The van der Waals surface area contributed by atoms with E-state index in [-0.39, 0.29) is 52.8 Å². The zero-order chi connectivity index (χ0) is 19.5.